The molecule has 2 bridgehead atoms. The fourth-order valence-corrected chi connectivity index (χ4v) is 6.43. The Bertz CT molecular complexity index is 1230. The van der Waals surface area contributed by atoms with Gasteiger partial charge in [-0.2, -0.15) is 0 Å². The van der Waals surface area contributed by atoms with Gasteiger partial charge in [0, 0.05) is 11.1 Å². The molecule has 1 N–H and O–H groups in total. The van der Waals surface area contributed by atoms with Gasteiger partial charge in [0.15, 0.2) is 0 Å². The molecule has 0 radical (unpaired) electrons. The lowest BCUT2D eigenvalue weighted by Gasteiger charge is -2.28. The number of hydrogen-bond acceptors (Lipinski definition) is 3. The van der Waals surface area contributed by atoms with Crippen LogP contribution in [0.15, 0.2) is 72.8 Å². The first-order chi connectivity index (χ1) is 15.6. The first kappa shape index (κ1) is 19.2. The van der Waals surface area contributed by atoms with Crippen LogP contribution in [0, 0.1) is 23.7 Å². The number of imide groups is 1. The maximum absolute atomic E-state index is 13.3. The van der Waals surface area contributed by atoms with Gasteiger partial charge < -0.3 is 5.32 Å². The normalized spacial score (nSPS) is 28.4. The Balaban J connectivity index is 1.20. The predicted molar refractivity (Wildman–Crippen MR) is 122 cm³/mol. The van der Waals surface area contributed by atoms with E-state index in [0.717, 1.165) is 23.6 Å². The molecular formula is C27H24N2O3. The molecule has 6 rings (SSSR count). The number of amides is 3. The van der Waals surface area contributed by atoms with E-state index in [1.807, 2.05) is 60.7 Å². The summed E-state index contributed by atoms with van der Waals surface area (Å²) in [6.07, 6.45) is 1.88. The molecule has 3 aliphatic rings. The van der Waals surface area contributed by atoms with E-state index in [2.05, 4.69) is 17.4 Å². The minimum atomic E-state index is -0.338. The summed E-state index contributed by atoms with van der Waals surface area (Å²) in [5, 5.41) is 4.86. The number of fused-ring (bicyclic) bond motifs is 6. The first-order valence-corrected chi connectivity index (χ1v) is 11.3. The van der Waals surface area contributed by atoms with E-state index in [4.69, 9.17) is 0 Å². The largest absolute Gasteiger partial charge is 0.324 e. The van der Waals surface area contributed by atoms with Crippen LogP contribution in [0.4, 0.5) is 5.69 Å². The molecule has 160 valence electrons. The van der Waals surface area contributed by atoms with Crippen LogP contribution in [-0.2, 0) is 14.4 Å². The molecule has 3 fully saturated rings. The number of likely N-dealkylation sites (tertiary alicyclic amines) is 1. The predicted octanol–water partition coefficient (Wildman–Crippen LogP) is 4.20. The Kier molecular flexibility index (Phi) is 4.39. The second-order valence-corrected chi connectivity index (χ2v) is 9.30. The number of hydrogen-bond donors (Lipinski definition) is 1. The SMILES string of the molecule is O=C(CN1C(=O)[C@@H]2[C@@H]3C[C@@H]([C@H]2C1=O)[C@@H](c1ccccc1)C3)Nc1cccc2ccccc12. The Morgan fingerprint density at radius 1 is 0.844 bits per heavy atom. The van der Waals surface area contributed by atoms with Crippen molar-refractivity contribution in [3.63, 3.8) is 0 Å². The van der Waals surface area contributed by atoms with Crippen molar-refractivity contribution in [3.05, 3.63) is 78.4 Å². The molecule has 1 aliphatic heterocycles. The Morgan fingerprint density at radius 2 is 1.56 bits per heavy atom. The topological polar surface area (TPSA) is 66.5 Å². The summed E-state index contributed by atoms with van der Waals surface area (Å²) in [6, 6.07) is 23.8. The van der Waals surface area contributed by atoms with Gasteiger partial charge in [0.05, 0.1) is 11.8 Å². The van der Waals surface area contributed by atoms with E-state index < -0.39 is 0 Å². The lowest BCUT2D eigenvalue weighted by molar-refractivity contribution is -0.143. The summed E-state index contributed by atoms with van der Waals surface area (Å²) >= 11 is 0. The van der Waals surface area contributed by atoms with Gasteiger partial charge in [0.2, 0.25) is 17.7 Å². The highest BCUT2D eigenvalue weighted by molar-refractivity contribution is 6.10. The molecular weight excluding hydrogens is 400 g/mol. The Morgan fingerprint density at radius 3 is 2.41 bits per heavy atom. The van der Waals surface area contributed by atoms with Crippen molar-refractivity contribution in [1.82, 2.24) is 4.90 Å². The van der Waals surface area contributed by atoms with Crippen LogP contribution >= 0.6 is 0 Å². The molecule has 0 unspecified atom stereocenters. The van der Waals surface area contributed by atoms with Crippen LogP contribution in [-0.4, -0.2) is 29.2 Å². The number of carbonyl (C=O) groups excluding carboxylic acids is 3. The summed E-state index contributed by atoms with van der Waals surface area (Å²) in [5.74, 6) is -0.450. The average Bonchev–Trinajstić information content (AvgIpc) is 3.48. The Hall–Kier alpha value is -3.47. The molecule has 3 aromatic carbocycles. The van der Waals surface area contributed by atoms with E-state index in [1.165, 1.54) is 10.5 Å². The third kappa shape index (κ3) is 2.88. The number of nitrogens with one attached hydrogen (secondary N) is 1. The molecule has 3 amide bonds. The zero-order valence-corrected chi connectivity index (χ0v) is 17.6. The lowest BCUT2D eigenvalue weighted by Crippen LogP contribution is -2.39. The van der Waals surface area contributed by atoms with Gasteiger partial charge in [0.25, 0.3) is 0 Å². The summed E-state index contributed by atoms with van der Waals surface area (Å²) in [6.45, 7) is -0.219. The molecule has 5 nitrogen and oxygen atoms in total. The number of benzene rings is 3. The quantitative estimate of drug-likeness (QED) is 0.639. The third-order valence-corrected chi connectivity index (χ3v) is 7.70. The van der Waals surface area contributed by atoms with Crippen LogP contribution in [0.1, 0.15) is 24.3 Å². The van der Waals surface area contributed by atoms with Gasteiger partial charge in [0.1, 0.15) is 6.54 Å². The van der Waals surface area contributed by atoms with Gasteiger partial charge in [-0.15, -0.1) is 0 Å². The summed E-state index contributed by atoms with van der Waals surface area (Å²) < 4.78 is 0. The zero-order valence-electron chi connectivity index (χ0n) is 17.6. The third-order valence-electron chi connectivity index (χ3n) is 7.70. The molecule has 0 spiro atoms. The zero-order chi connectivity index (χ0) is 21.8. The van der Waals surface area contributed by atoms with Crippen LogP contribution in [0.2, 0.25) is 0 Å². The van der Waals surface area contributed by atoms with Gasteiger partial charge in [-0.1, -0.05) is 66.7 Å². The average molecular weight is 425 g/mol. The maximum Gasteiger partial charge on any atom is 0.244 e. The van der Waals surface area contributed by atoms with E-state index >= 15 is 0 Å². The molecule has 2 aliphatic carbocycles. The van der Waals surface area contributed by atoms with Crippen molar-refractivity contribution >= 4 is 34.2 Å². The molecule has 5 heteroatoms. The summed E-state index contributed by atoms with van der Waals surface area (Å²) in [7, 11) is 0. The van der Waals surface area contributed by atoms with Gasteiger partial charge in [-0.3, -0.25) is 19.3 Å². The second-order valence-electron chi connectivity index (χ2n) is 9.30. The van der Waals surface area contributed by atoms with Gasteiger partial charge in [-0.05, 0) is 47.6 Å². The highest BCUT2D eigenvalue weighted by Crippen LogP contribution is 2.61. The standard InChI is InChI=1S/C27H24N2O3/c30-23(28-22-12-6-10-16-9-4-5-11-19(16)22)15-29-26(31)24-18-13-20(17-7-2-1-3-8-17)21(14-18)25(24)27(29)32/h1-12,18,20-21,24-25H,13-15H2,(H,28,30)/t18-,20+,21+,24+,25+/m0/s1. The van der Waals surface area contributed by atoms with Crippen molar-refractivity contribution in [3.8, 4) is 0 Å². The molecule has 1 saturated heterocycles. The maximum atomic E-state index is 13.3. The van der Waals surface area contributed by atoms with Crippen LogP contribution in [0.5, 0.6) is 0 Å². The van der Waals surface area contributed by atoms with Crippen LogP contribution < -0.4 is 5.32 Å². The number of anilines is 1. The van der Waals surface area contributed by atoms with E-state index in [9.17, 15) is 14.4 Å². The highest BCUT2D eigenvalue weighted by Gasteiger charge is 2.63. The first-order valence-electron chi connectivity index (χ1n) is 11.3. The van der Waals surface area contributed by atoms with Gasteiger partial charge in [-0.25, -0.2) is 0 Å². The van der Waals surface area contributed by atoms with Crippen LogP contribution in [0.3, 0.4) is 0 Å². The second kappa shape index (κ2) is 7.30. The van der Waals surface area contributed by atoms with E-state index in [0.29, 0.717) is 11.6 Å². The highest BCUT2D eigenvalue weighted by atomic mass is 16.2. The number of rotatable bonds is 4. The van der Waals surface area contributed by atoms with Crippen LogP contribution in [0.25, 0.3) is 10.8 Å². The lowest BCUT2D eigenvalue weighted by atomic mass is 9.73. The summed E-state index contributed by atoms with van der Waals surface area (Å²) in [5.41, 5.74) is 1.95. The number of nitrogens with zero attached hydrogens (tertiary/aromatic N) is 1. The van der Waals surface area contributed by atoms with Crippen molar-refractivity contribution < 1.29 is 14.4 Å². The minimum Gasteiger partial charge on any atom is -0.324 e. The van der Waals surface area contributed by atoms with Crippen molar-refractivity contribution in [2.24, 2.45) is 23.7 Å². The van der Waals surface area contributed by atoms with Crippen molar-refractivity contribution in [1.29, 1.82) is 0 Å². The van der Waals surface area contributed by atoms with Gasteiger partial charge >= 0.3 is 0 Å². The molecule has 2 saturated carbocycles. The molecule has 32 heavy (non-hydrogen) atoms. The number of carbonyl (C=O) groups is 3. The molecule has 5 atom stereocenters. The smallest absolute Gasteiger partial charge is 0.244 e. The fourth-order valence-electron chi connectivity index (χ4n) is 6.43. The fraction of sp³-hybridized carbons (Fsp3) is 0.296. The minimum absolute atomic E-state index is 0.160. The molecule has 0 aromatic heterocycles. The van der Waals surface area contributed by atoms with Crippen molar-refractivity contribution in [2.45, 2.75) is 18.8 Å². The Labute approximate surface area is 186 Å². The molecule has 3 aromatic rings. The van der Waals surface area contributed by atoms with Crippen molar-refractivity contribution in [2.75, 3.05) is 11.9 Å². The van der Waals surface area contributed by atoms with E-state index in [1.54, 1.807) is 0 Å². The summed E-state index contributed by atoms with van der Waals surface area (Å²) in [4.78, 5) is 40.5. The molecule has 1 heterocycles. The monoisotopic (exact) mass is 424 g/mol. The van der Waals surface area contributed by atoms with E-state index in [-0.39, 0.29) is 47.9 Å².